The highest BCUT2D eigenvalue weighted by molar-refractivity contribution is 7.09. The molecule has 2 aromatic rings. The van der Waals surface area contributed by atoms with E-state index in [0.29, 0.717) is 0 Å². The van der Waals surface area contributed by atoms with Crippen molar-refractivity contribution < 1.29 is 0 Å². The Kier molecular flexibility index (Phi) is 2.73. The summed E-state index contributed by atoms with van der Waals surface area (Å²) in [5.74, 6) is 0. The lowest BCUT2D eigenvalue weighted by molar-refractivity contribution is 0.756. The fourth-order valence-corrected chi connectivity index (χ4v) is 2.11. The fraction of sp³-hybridized carbons (Fsp3) is 0.400. The molecule has 2 aromatic heterocycles. The first-order chi connectivity index (χ1) is 7.16. The first-order valence-electron chi connectivity index (χ1n) is 4.82. The van der Waals surface area contributed by atoms with Gasteiger partial charge in [0, 0.05) is 24.3 Å². The number of aryl methyl sites for hydroxylation is 2. The van der Waals surface area contributed by atoms with Crippen molar-refractivity contribution in [2.75, 3.05) is 5.32 Å². The Balaban J connectivity index is 2.12. The summed E-state index contributed by atoms with van der Waals surface area (Å²) in [5, 5.41) is 7.71. The first kappa shape index (κ1) is 10.2. The van der Waals surface area contributed by atoms with E-state index in [-0.39, 0.29) is 6.04 Å². The molecule has 0 aliphatic heterocycles. The largest absolute Gasteiger partial charge is 0.375 e. The molecule has 0 saturated heterocycles. The van der Waals surface area contributed by atoms with E-state index >= 15 is 0 Å². The summed E-state index contributed by atoms with van der Waals surface area (Å²) in [6.45, 7) is 4.13. The lowest BCUT2D eigenvalue weighted by Crippen LogP contribution is -2.04. The van der Waals surface area contributed by atoms with Crippen molar-refractivity contribution in [3.63, 3.8) is 0 Å². The smallest absolute Gasteiger partial charge is 0.0825 e. The number of hydrogen-bond acceptors (Lipinski definition) is 4. The maximum absolute atomic E-state index is 4.29. The van der Waals surface area contributed by atoms with Crippen LogP contribution in [0.5, 0.6) is 0 Å². The quantitative estimate of drug-likeness (QED) is 0.867. The predicted octanol–water partition coefficient (Wildman–Crippen LogP) is 2.36. The number of nitrogens with one attached hydrogen (secondary N) is 1. The summed E-state index contributed by atoms with van der Waals surface area (Å²) >= 11 is 1.66. The zero-order valence-electron chi connectivity index (χ0n) is 9.06. The van der Waals surface area contributed by atoms with Gasteiger partial charge in [-0.3, -0.25) is 9.67 Å². The van der Waals surface area contributed by atoms with Gasteiger partial charge in [-0.1, -0.05) is 0 Å². The standard InChI is InChI=1S/C10H14N4S/c1-7-9(5-14(3)13-7)12-8(2)10-4-11-6-15-10/h4-6,8,12H,1-3H3. The van der Waals surface area contributed by atoms with Gasteiger partial charge in [0.25, 0.3) is 0 Å². The molecular weight excluding hydrogens is 208 g/mol. The van der Waals surface area contributed by atoms with Crippen LogP contribution in [0.1, 0.15) is 23.5 Å². The van der Waals surface area contributed by atoms with E-state index in [1.165, 1.54) is 4.88 Å². The van der Waals surface area contributed by atoms with E-state index in [1.54, 1.807) is 11.3 Å². The Morgan fingerprint density at radius 2 is 2.33 bits per heavy atom. The average Bonchev–Trinajstić information content (AvgIpc) is 2.76. The summed E-state index contributed by atoms with van der Waals surface area (Å²) in [6, 6.07) is 0.278. The minimum Gasteiger partial charge on any atom is -0.375 e. The molecule has 0 amide bonds. The molecule has 2 heterocycles. The molecule has 1 atom stereocenters. The summed E-state index contributed by atoms with van der Waals surface area (Å²) in [7, 11) is 1.93. The topological polar surface area (TPSA) is 42.7 Å². The molecule has 80 valence electrons. The molecule has 0 spiro atoms. The van der Waals surface area contributed by atoms with Gasteiger partial charge in [0.15, 0.2) is 0 Å². The molecule has 0 saturated carbocycles. The number of aromatic nitrogens is 3. The number of nitrogens with zero attached hydrogens (tertiary/aromatic N) is 3. The second-order valence-corrected chi connectivity index (χ2v) is 4.49. The predicted molar refractivity (Wildman–Crippen MR) is 62.1 cm³/mol. The minimum atomic E-state index is 0.278. The maximum atomic E-state index is 4.29. The maximum Gasteiger partial charge on any atom is 0.0825 e. The Bertz CT molecular complexity index is 432. The molecule has 4 nitrogen and oxygen atoms in total. The van der Waals surface area contributed by atoms with Gasteiger partial charge in [-0.05, 0) is 13.8 Å². The van der Waals surface area contributed by atoms with Crippen LogP contribution in [-0.2, 0) is 7.05 Å². The zero-order chi connectivity index (χ0) is 10.8. The van der Waals surface area contributed by atoms with E-state index in [1.807, 2.05) is 36.6 Å². The van der Waals surface area contributed by atoms with E-state index in [2.05, 4.69) is 22.3 Å². The van der Waals surface area contributed by atoms with Gasteiger partial charge in [-0.2, -0.15) is 5.10 Å². The molecule has 0 fully saturated rings. The zero-order valence-corrected chi connectivity index (χ0v) is 9.88. The van der Waals surface area contributed by atoms with Gasteiger partial charge in [0.05, 0.1) is 22.9 Å². The third-order valence-corrected chi connectivity index (χ3v) is 3.22. The highest BCUT2D eigenvalue weighted by Gasteiger charge is 2.09. The summed E-state index contributed by atoms with van der Waals surface area (Å²) in [4.78, 5) is 5.30. The third kappa shape index (κ3) is 2.18. The van der Waals surface area contributed by atoms with E-state index in [9.17, 15) is 0 Å². The molecule has 15 heavy (non-hydrogen) atoms. The lowest BCUT2D eigenvalue weighted by Gasteiger charge is -2.11. The molecule has 0 radical (unpaired) electrons. The summed E-state index contributed by atoms with van der Waals surface area (Å²) in [6.07, 6.45) is 3.89. The van der Waals surface area contributed by atoms with Gasteiger partial charge in [0.1, 0.15) is 0 Å². The van der Waals surface area contributed by atoms with E-state index < -0.39 is 0 Å². The number of anilines is 1. The van der Waals surface area contributed by atoms with Crippen molar-refractivity contribution in [2.24, 2.45) is 7.05 Å². The fourth-order valence-electron chi connectivity index (χ4n) is 1.49. The normalized spacial score (nSPS) is 12.7. The van der Waals surface area contributed by atoms with Crippen molar-refractivity contribution in [3.8, 4) is 0 Å². The van der Waals surface area contributed by atoms with Crippen molar-refractivity contribution in [1.29, 1.82) is 0 Å². The van der Waals surface area contributed by atoms with Crippen molar-refractivity contribution >= 4 is 17.0 Å². The molecular formula is C10H14N4S. The van der Waals surface area contributed by atoms with Crippen LogP contribution >= 0.6 is 11.3 Å². The molecule has 0 aliphatic rings. The van der Waals surface area contributed by atoms with Crippen molar-refractivity contribution in [1.82, 2.24) is 14.8 Å². The highest BCUT2D eigenvalue weighted by atomic mass is 32.1. The molecule has 1 unspecified atom stereocenters. The van der Waals surface area contributed by atoms with Crippen molar-refractivity contribution in [3.05, 3.63) is 28.5 Å². The number of rotatable bonds is 3. The van der Waals surface area contributed by atoms with Gasteiger partial charge in [-0.15, -0.1) is 11.3 Å². The first-order valence-corrected chi connectivity index (χ1v) is 5.70. The molecule has 5 heteroatoms. The number of hydrogen-bond donors (Lipinski definition) is 1. The van der Waals surface area contributed by atoms with Crippen LogP contribution in [-0.4, -0.2) is 14.8 Å². The molecule has 2 rings (SSSR count). The highest BCUT2D eigenvalue weighted by Crippen LogP contribution is 2.23. The van der Waals surface area contributed by atoms with Crippen LogP contribution in [0.3, 0.4) is 0 Å². The second-order valence-electron chi connectivity index (χ2n) is 3.57. The van der Waals surface area contributed by atoms with E-state index in [0.717, 1.165) is 11.4 Å². The van der Waals surface area contributed by atoms with Gasteiger partial charge < -0.3 is 5.32 Å². The average molecular weight is 222 g/mol. The second kappa shape index (κ2) is 4.02. The van der Waals surface area contributed by atoms with Gasteiger partial charge in [0.2, 0.25) is 0 Å². The minimum absolute atomic E-state index is 0.278. The Morgan fingerprint density at radius 3 is 2.87 bits per heavy atom. The van der Waals surface area contributed by atoms with Crippen LogP contribution in [0.15, 0.2) is 17.9 Å². The third-order valence-electron chi connectivity index (χ3n) is 2.26. The van der Waals surface area contributed by atoms with Crippen LogP contribution < -0.4 is 5.32 Å². The Hall–Kier alpha value is -1.36. The van der Waals surface area contributed by atoms with Crippen LogP contribution in [0.2, 0.25) is 0 Å². The lowest BCUT2D eigenvalue weighted by atomic mass is 10.3. The molecule has 1 N–H and O–H groups in total. The van der Waals surface area contributed by atoms with E-state index in [4.69, 9.17) is 0 Å². The SMILES string of the molecule is Cc1nn(C)cc1NC(C)c1cncs1. The van der Waals surface area contributed by atoms with Crippen LogP contribution in [0, 0.1) is 6.92 Å². The number of thiazole rings is 1. The van der Waals surface area contributed by atoms with Gasteiger partial charge in [-0.25, -0.2) is 0 Å². The summed E-state index contributed by atoms with van der Waals surface area (Å²) < 4.78 is 1.82. The van der Waals surface area contributed by atoms with Gasteiger partial charge >= 0.3 is 0 Å². The summed E-state index contributed by atoms with van der Waals surface area (Å²) in [5.41, 5.74) is 3.95. The Morgan fingerprint density at radius 1 is 1.53 bits per heavy atom. The Labute approximate surface area is 93.0 Å². The molecule has 0 aliphatic carbocycles. The molecule has 0 aromatic carbocycles. The molecule has 0 bridgehead atoms. The monoisotopic (exact) mass is 222 g/mol. The van der Waals surface area contributed by atoms with Crippen LogP contribution in [0.4, 0.5) is 5.69 Å². The van der Waals surface area contributed by atoms with Crippen LogP contribution in [0.25, 0.3) is 0 Å². The van der Waals surface area contributed by atoms with Crippen molar-refractivity contribution in [2.45, 2.75) is 19.9 Å².